The van der Waals surface area contributed by atoms with Gasteiger partial charge in [-0.3, -0.25) is 0 Å². The Balaban J connectivity index is 1.22. The lowest BCUT2D eigenvalue weighted by molar-refractivity contribution is -0.109. The summed E-state index contributed by atoms with van der Waals surface area (Å²) in [5.41, 5.74) is 5.59. The van der Waals surface area contributed by atoms with Crippen molar-refractivity contribution < 1.29 is 14.3 Å². The zero-order chi connectivity index (χ0) is 26.0. The fourth-order valence-corrected chi connectivity index (χ4v) is 8.26. The van der Waals surface area contributed by atoms with Gasteiger partial charge in [0.1, 0.15) is 18.6 Å². The van der Waals surface area contributed by atoms with Crippen molar-refractivity contribution >= 4 is 6.29 Å². The lowest BCUT2D eigenvalue weighted by Gasteiger charge is -2.54. The minimum atomic E-state index is 0.180. The van der Waals surface area contributed by atoms with Gasteiger partial charge in [-0.05, 0) is 102 Å². The predicted molar refractivity (Wildman–Crippen MR) is 151 cm³/mol. The van der Waals surface area contributed by atoms with E-state index in [1.807, 2.05) is 6.07 Å². The molecular weight excluding hydrogens is 468 g/mol. The molecule has 6 atom stereocenters. The molecule has 2 saturated carbocycles. The van der Waals surface area contributed by atoms with E-state index in [0.29, 0.717) is 49.4 Å². The molecule has 3 nitrogen and oxygen atoms in total. The molecule has 3 heteroatoms. The van der Waals surface area contributed by atoms with Crippen LogP contribution in [0.2, 0.25) is 0 Å². The van der Waals surface area contributed by atoms with Crippen LogP contribution in [-0.2, 0) is 29.2 Å². The normalized spacial score (nSPS) is 29.7. The summed E-state index contributed by atoms with van der Waals surface area (Å²) in [6.45, 7) is 3.79. The largest absolute Gasteiger partial charge is 0.489 e. The van der Waals surface area contributed by atoms with Crippen LogP contribution in [-0.4, -0.2) is 12.4 Å². The number of ether oxygens (including phenoxy) is 2. The van der Waals surface area contributed by atoms with Crippen molar-refractivity contribution in [1.29, 1.82) is 0 Å². The van der Waals surface area contributed by atoms with Crippen LogP contribution in [0.4, 0.5) is 0 Å². The van der Waals surface area contributed by atoms with Crippen molar-refractivity contribution in [3.8, 4) is 5.75 Å². The average molecular weight is 509 g/mol. The van der Waals surface area contributed by atoms with Gasteiger partial charge in [-0.25, -0.2) is 0 Å². The summed E-state index contributed by atoms with van der Waals surface area (Å²) >= 11 is 0. The molecule has 0 radical (unpaired) electrons. The van der Waals surface area contributed by atoms with Gasteiger partial charge in [-0.1, -0.05) is 73.7 Å². The van der Waals surface area contributed by atoms with Gasteiger partial charge in [0.2, 0.25) is 0 Å². The first kappa shape index (κ1) is 25.4. The van der Waals surface area contributed by atoms with Crippen molar-refractivity contribution in [2.24, 2.45) is 23.2 Å². The van der Waals surface area contributed by atoms with Gasteiger partial charge < -0.3 is 14.3 Å². The van der Waals surface area contributed by atoms with Crippen LogP contribution in [0.15, 0.2) is 78.9 Å². The number of aldehydes is 1. The molecule has 3 aromatic rings. The van der Waals surface area contributed by atoms with E-state index in [1.165, 1.54) is 35.1 Å². The third-order valence-electron chi connectivity index (χ3n) is 9.93. The van der Waals surface area contributed by atoms with Crippen molar-refractivity contribution in [3.63, 3.8) is 0 Å². The highest BCUT2D eigenvalue weighted by atomic mass is 16.5. The van der Waals surface area contributed by atoms with Crippen LogP contribution in [0.5, 0.6) is 5.75 Å². The molecule has 0 spiro atoms. The highest BCUT2D eigenvalue weighted by Gasteiger charge is 2.58. The number of benzene rings is 3. The van der Waals surface area contributed by atoms with E-state index in [9.17, 15) is 4.79 Å². The molecule has 0 unspecified atom stereocenters. The molecule has 3 aromatic carbocycles. The van der Waals surface area contributed by atoms with Gasteiger partial charge in [-0.2, -0.15) is 0 Å². The van der Waals surface area contributed by atoms with E-state index in [-0.39, 0.29) is 5.41 Å². The van der Waals surface area contributed by atoms with Crippen LogP contribution in [0.3, 0.4) is 0 Å². The molecule has 3 aliphatic carbocycles. The lowest BCUT2D eigenvalue weighted by Crippen LogP contribution is -2.48. The van der Waals surface area contributed by atoms with E-state index >= 15 is 0 Å². The van der Waals surface area contributed by atoms with Gasteiger partial charge >= 0.3 is 0 Å². The second kappa shape index (κ2) is 11.1. The zero-order valence-corrected chi connectivity index (χ0v) is 22.6. The summed E-state index contributed by atoms with van der Waals surface area (Å²) in [7, 11) is 0. The van der Waals surface area contributed by atoms with Gasteiger partial charge in [-0.15, -0.1) is 0 Å². The van der Waals surface area contributed by atoms with Crippen molar-refractivity contribution in [2.45, 2.75) is 77.1 Å². The topological polar surface area (TPSA) is 35.5 Å². The highest BCUT2D eigenvalue weighted by Crippen LogP contribution is 2.64. The number of hydrogen-bond acceptors (Lipinski definition) is 3. The number of fused-ring (bicyclic) bond motifs is 5. The first-order chi connectivity index (χ1) is 18.7. The molecule has 0 heterocycles. The first-order valence-electron chi connectivity index (χ1n) is 14.5. The Hall–Kier alpha value is -2.91. The van der Waals surface area contributed by atoms with Gasteiger partial charge in [0.15, 0.2) is 0 Å². The molecule has 0 saturated heterocycles. The van der Waals surface area contributed by atoms with E-state index in [2.05, 4.69) is 79.7 Å². The van der Waals surface area contributed by atoms with E-state index < -0.39 is 0 Å². The Kier molecular flexibility index (Phi) is 7.39. The second-order valence-corrected chi connectivity index (χ2v) is 12.0. The lowest BCUT2D eigenvalue weighted by atomic mass is 9.51. The maximum absolute atomic E-state index is 11.5. The summed E-state index contributed by atoms with van der Waals surface area (Å²) in [6.07, 6.45) is 8.93. The summed E-state index contributed by atoms with van der Waals surface area (Å²) in [6, 6.07) is 27.8. The fourth-order valence-electron chi connectivity index (χ4n) is 8.26. The zero-order valence-electron chi connectivity index (χ0n) is 22.6. The number of carbonyl (C=O) groups excluding carboxylic acids is 1. The number of carbonyl (C=O) groups is 1. The molecule has 0 bridgehead atoms. The van der Waals surface area contributed by atoms with E-state index in [0.717, 1.165) is 37.7 Å². The monoisotopic (exact) mass is 508 g/mol. The maximum Gasteiger partial charge on any atom is 0.120 e. The van der Waals surface area contributed by atoms with Gasteiger partial charge in [0, 0.05) is 6.42 Å². The first-order valence-corrected chi connectivity index (χ1v) is 14.5. The number of aryl methyl sites for hydroxylation is 1. The Morgan fingerprint density at radius 1 is 0.895 bits per heavy atom. The molecule has 0 N–H and O–H groups in total. The minimum Gasteiger partial charge on any atom is -0.489 e. The van der Waals surface area contributed by atoms with Gasteiger partial charge in [0.25, 0.3) is 0 Å². The Morgan fingerprint density at radius 2 is 1.63 bits per heavy atom. The smallest absolute Gasteiger partial charge is 0.120 e. The Morgan fingerprint density at radius 3 is 2.37 bits per heavy atom. The summed E-state index contributed by atoms with van der Waals surface area (Å²) < 4.78 is 12.8. The molecular formula is C35H40O3. The third kappa shape index (κ3) is 4.94. The predicted octanol–water partition coefficient (Wildman–Crippen LogP) is 7.91. The molecule has 0 aliphatic heterocycles. The van der Waals surface area contributed by atoms with Crippen molar-refractivity contribution in [2.75, 3.05) is 0 Å². The summed E-state index contributed by atoms with van der Waals surface area (Å²) in [4.78, 5) is 11.5. The molecule has 38 heavy (non-hydrogen) atoms. The average Bonchev–Trinajstić information content (AvgIpc) is 3.30. The quantitative estimate of drug-likeness (QED) is 0.276. The molecule has 3 aliphatic rings. The second-order valence-electron chi connectivity index (χ2n) is 12.0. The molecule has 198 valence electrons. The summed E-state index contributed by atoms with van der Waals surface area (Å²) in [5, 5.41) is 0. The van der Waals surface area contributed by atoms with E-state index in [1.54, 1.807) is 0 Å². The fraction of sp³-hybridized carbons (Fsp3) is 0.457. The van der Waals surface area contributed by atoms with Crippen LogP contribution in [0.1, 0.15) is 73.6 Å². The third-order valence-corrected chi connectivity index (χ3v) is 9.93. The molecule has 0 amide bonds. The summed E-state index contributed by atoms with van der Waals surface area (Å²) in [5.74, 6) is 3.36. The highest BCUT2D eigenvalue weighted by molar-refractivity contribution is 5.49. The van der Waals surface area contributed by atoms with Crippen LogP contribution in [0.25, 0.3) is 0 Å². The Labute approximate surface area is 227 Å². The van der Waals surface area contributed by atoms with Crippen molar-refractivity contribution in [3.05, 3.63) is 101 Å². The number of hydrogen-bond donors (Lipinski definition) is 0. The standard InChI is InChI=1S/C35H40O3/c1-35-22-28(13-8-20-36)34-30-17-15-29(37-23-25-9-4-2-5-10-25)21-27(30)14-16-31(34)32(35)18-19-33(35)38-24-26-11-6-3-7-12-26/h2-7,9-12,15,17,20-21,28,31-34H,8,13-14,16,18-19,22-24H2,1H3/t28-,31-,32-,33-,34+,35-/m0/s1. The van der Waals surface area contributed by atoms with Crippen molar-refractivity contribution in [1.82, 2.24) is 0 Å². The molecule has 2 fully saturated rings. The van der Waals surface area contributed by atoms with Crippen LogP contribution in [0, 0.1) is 23.2 Å². The van der Waals surface area contributed by atoms with E-state index in [4.69, 9.17) is 9.47 Å². The van der Waals surface area contributed by atoms with Gasteiger partial charge in [0.05, 0.1) is 12.7 Å². The minimum absolute atomic E-state index is 0.180. The molecule has 6 rings (SSSR count). The molecule has 0 aromatic heterocycles. The van der Waals surface area contributed by atoms with Crippen LogP contribution < -0.4 is 4.74 Å². The number of rotatable bonds is 9. The maximum atomic E-state index is 11.5. The SMILES string of the molecule is C[C@]12C[C@H](CCC=O)[C@@H]3c4ccc(OCc5ccccc5)cc4CC[C@H]3[C@@H]1CC[C@@H]2OCc1ccccc1. The van der Waals surface area contributed by atoms with Crippen LogP contribution >= 0.6 is 0 Å². The Bertz CT molecular complexity index is 1220.